The van der Waals surface area contributed by atoms with Crippen LogP contribution in [0.3, 0.4) is 0 Å². The number of fused-ring (bicyclic) bond motifs is 1. The number of carbonyl (C=O) groups excluding carboxylic acids is 6. The van der Waals surface area contributed by atoms with E-state index in [9.17, 15) is 28.8 Å². The second kappa shape index (κ2) is 12.7. The minimum absolute atomic E-state index is 0.0608. The molecule has 43 heavy (non-hydrogen) atoms. The first-order valence-electron chi connectivity index (χ1n) is 14.7. The number of likely N-dealkylation sites (tertiary alicyclic amines) is 1. The van der Waals surface area contributed by atoms with E-state index in [1.165, 1.54) is 11.0 Å². The van der Waals surface area contributed by atoms with Crippen LogP contribution in [0.15, 0.2) is 12.7 Å². The molecule has 1 heterocycles. The van der Waals surface area contributed by atoms with Crippen molar-refractivity contribution >= 4 is 35.5 Å². The minimum Gasteiger partial charge on any atom is -0.458 e. The molecule has 1 saturated carbocycles. The minimum atomic E-state index is -1.05. The van der Waals surface area contributed by atoms with Gasteiger partial charge in [-0.3, -0.25) is 19.2 Å². The zero-order valence-corrected chi connectivity index (χ0v) is 27.6. The van der Waals surface area contributed by atoms with Crippen LogP contribution in [-0.4, -0.2) is 83.8 Å². The molecule has 0 spiro atoms. The molecular formula is C31H51N5O7. The SMILES string of the molecule is C=CCNC(=O)C(=O)CNC(=O)[C@@H]1[C@@H]2[C@H](CN1C(=O)[C@@H](NC(=O)N[C@H](C(=O)OC(C)(C)C)C(C)(C)C)C(C)(C)C)C2(C)C. The van der Waals surface area contributed by atoms with Gasteiger partial charge in [0, 0.05) is 13.1 Å². The van der Waals surface area contributed by atoms with Crippen LogP contribution in [0, 0.1) is 28.1 Å². The molecule has 12 nitrogen and oxygen atoms in total. The van der Waals surface area contributed by atoms with Crippen LogP contribution < -0.4 is 21.3 Å². The molecule has 0 radical (unpaired) electrons. The molecule has 12 heteroatoms. The Bertz CT molecular complexity index is 1140. The summed E-state index contributed by atoms with van der Waals surface area (Å²) in [5, 5.41) is 10.4. The summed E-state index contributed by atoms with van der Waals surface area (Å²) in [6.07, 6.45) is 1.43. The molecule has 1 aliphatic carbocycles. The van der Waals surface area contributed by atoms with Crippen LogP contribution in [0.5, 0.6) is 0 Å². The van der Waals surface area contributed by atoms with E-state index < -0.39 is 76.6 Å². The van der Waals surface area contributed by atoms with Crippen molar-refractivity contribution in [2.75, 3.05) is 19.6 Å². The van der Waals surface area contributed by atoms with Gasteiger partial charge in [-0.25, -0.2) is 9.59 Å². The maximum absolute atomic E-state index is 14.1. The Morgan fingerprint density at radius 1 is 0.907 bits per heavy atom. The van der Waals surface area contributed by atoms with E-state index in [1.807, 2.05) is 13.8 Å². The van der Waals surface area contributed by atoms with E-state index in [-0.39, 0.29) is 23.8 Å². The number of hydrogen-bond acceptors (Lipinski definition) is 7. The first-order chi connectivity index (χ1) is 19.4. The molecule has 2 rings (SSSR count). The second-order valence-corrected chi connectivity index (χ2v) is 15.3. The summed E-state index contributed by atoms with van der Waals surface area (Å²) < 4.78 is 5.52. The Labute approximate surface area is 255 Å². The van der Waals surface area contributed by atoms with Crippen molar-refractivity contribution in [1.29, 1.82) is 0 Å². The molecule has 2 aliphatic rings. The smallest absolute Gasteiger partial charge is 0.329 e. The highest BCUT2D eigenvalue weighted by Crippen LogP contribution is 2.65. The van der Waals surface area contributed by atoms with Gasteiger partial charge in [0.05, 0.1) is 6.54 Å². The van der Waals surface area contributed by atoms with E-state index in [2.05, 4.69) is 27.8 Å². The van der Waals surface area contributed by atoms with Crippen molar-refractivity contribution in [2.24, 2.45) is 28.1 Å². The molecule has 0 bridgehead atoms. The first-order valence-corrected chi connectivity index (χ1v) is 14.7. The summed E-state index contributed by atoms with van der Waals surface area (Å²) in [4.78, 5) is 79.3. The average Bonchev–Trinajstić information content (AvgIpc) is 3.17. The Kier molecular flexibility index (Phi) is 10.5. The lowest BCUT2D eigenvalue weighted by molar-refractivity contribution is -0.160. The fourth-order valence-electron chi connectivity index (χ4n) is 5.54. The Hall–Kier alpha value is -3.44. The highest BCUT2D eigenvalue weighted by atomic mass is 16.6. The summed E-state index contributed by atoms with van der Waals surface area (Å²) in [5.41, 5.74) is -2.41. The third-order valence-corrected chi connectivity index (χ3v) is 8.02. The maximum Gasteiger partial charge on any atom is 0.329 e. The number of hydrogen-bond donors (Lipinski definition) is 4. The fourth-order valence-corrected chi connectivity index (χ4v) is 5.54. The van der Waals surface area contributed by atoms with E-state index in [0.29, 0.717) is 6.54 Å². The molecule has 242 valence electrons. The third-order valence-electron chi connectivity index (χ3n) is 8.02. The standard InChI is InChI=1S/C31H51N5O7/c1-13-14-32-23(38)18(37)15-33-24(39)20-19-17(31(19,11)12)16-36(20)25(40)21(28(2,3)4)34-27(42)35-22(29(5,6)7)26(41)43-30(8,9)10/h13,17,19-22H,1,14-16H2,2-12H3,(H,32,38)(H,33,39)(H2,34,35,42)/t17-,19-,20-,21+,22+/m0/s1. The summed E-state index contributed by atoms with van der Waals surface area (Å²) >= 11 is 0. The Morgan fingerprint density at radius 2 is 1.44 bits per heavy atom. The predicted octanol–water partition coefficient (Wildman–Crippen LogP) is 1.93. The number of nitrogens with one attached hydrogen (secondary N) is 4. The summed E-state index contributed by atoms with van der Waals surface area (Å²) in [6.45, 7) is 23.4. The number of esters is 1. The highest BCUT2D eigenvalue weighted by Gasteiger charge is 2.69. The van der Waals surface area contributed by atoms with E-state index in [0.717, 1.165) is 0 Å². The largest absolute Gasteiger partial charge is 0.458 e. The first kappa shape index (κ1) is 35.8. The van der Waals surface area contributed by atoms with Crippen LogP contribution in [0.1, 0.15) is 76.2 Å². The van der Waals surface area contributed by atoms with E-state index >= 15 is 0 Å². The number of amides is 5. The molecular weight excluding hydrogens is 554 g/mol. The molecule has 1 saturated heterocycles. The lowest BCUT2D eigenvalue weighted by Gasteiger charge is -2.38. The maximum atomic E-state index is 14.1. The van der Waals surface area contributed by atoms with E-state index in [4.69, 9.17) is 4.74 Å². The molecule has 0 unspecified atom stereocenters. The van der Waals surface area contributed by atoms with E-state index in [1.54, 1.807) is 62.3 Å². The number of Topliss-reactive ketones (excluding diaryl/α,β-unsaturated/α-hetero) is 1. The van der Waals surface area contributed by atoms with Crippen LogP contribution in [-0.2, 0) is 28.7 Å². The van der Waals surface area contributed by atoms with Crippen LogP contribution in [0.4, 0.5) is 4.79 Å². The number of ether oxygens (including phenoxy) is 1. The number of urea groups is 1. The molecule has 5 amide bonds. The van der Waals surface area contributed by atoms with Gasteiger partial charge in [-0.1, -0.05) is 61.5 Å². The topological polar surface area (TPSA) is 163 Å². The zero-order valence-electron chi connectivity index (χ0n) is 27.6. The highest BCUT2D eigenvalue weighted by molar-refractivity contribution is 6.37. The van der Waals surface area contributed by atoms with Gasteiger partial charge >= 0.3 is 12.0 Å². The molecule has 0 aromatic heterocycles. The fraction of sp³-hybridized carbons (Fsp3) is 0.742. The molecule has 2 fully saturated rings. The lowest BCUT2D eigenvalue weighted by Crippen LogP contribution is -2.62. The summed E-state index contributed by atoms with van der Waals surface area (Å²) in [6, 6.07) is -3.65. The quantitative estimate of drug-likeness (QED) is 0.168. The van der Waals surface area contributed by atoms with Crippen molar-refractivity contribution in [1.82, 2.24) is 26.2 Å². The van der Waals surface area contributed by atoms with Gasteiger partial charge in [0.15, 0.2) is 0 Å². The zero-order chi connectivity index (χ0) is 33.3. The summed E-state index contributed by atoms with van der Waals surface area (Å²) in [7, 11) is 0. The number of nitrogens with zero attached hydrogens (tertiary/aromatic N) is 1. The van der Waals surface area contributed by atoms with Gasteiger partial charge in [0.2, 0.25) is 17.6 Å². The Morgan fingerprint density at radius 3 is 1.93 bits per heavy atom. The van der Waals surface area contributed by atoms with Gasteiger partial charge in [-0.2, -0.15) is 0 Å². The predicted molar refractivity (Wildman–Crippen MR) is 161 cm³/mol. The van der Waals surface area contributed by atoms with Crippen LogP contribution in [0.25, 0.3) is 0 Å². The molecule has 5 atom stereocenters. The van der Waals surface area contributed by atoms with Crippen molar-refractivity contribution in [3.63, 3.8) is 0 Å². The Balaban J connectivity index is 2.24. The molecule has 1 aliphatic heterocycles. The third kappa shape index (κ3) is 8.79. The van der Waals surface area contributed by atoms with Crippen molar-refractivity contribution in [2.45, 2.75) is 99.9 Å². The van der Waals surface area contributed by atoms with Crippen LogP contribution in [0.2, 0.25) is 0 Å². The van der Waals surface area contributed by atoms with Gasteiger partial charge in [-0.15, -0.1) is 6.58 Å². The summed E-state index contributed by atoms with van der Waals surface area (Å²) in [5.74, 6) is -3.33. The van der Waals surface area contributed by atoms with Gasteiger partial charge < -0.3 is 30.9 Å². The van der Waals surface area contributed by atoms with Gasteiger partial charge in [0.25, 0.3) is 5.91 Å². The number of carbonyl (C=O) groups is 6. The lowest BCUT2D eigenvalue weighted by atomic mass is 9.85. The number of ketones is 1. The number of rotatable bonds is 10. The van der Waals surface area contributed by atoms with Crippen molar-refractivity contribution in [3.8, 4) is 0 Å². The second-order valence-electron chi connectivity index (χ2n) is 15.3. The molecule has 4 N–H and O–H groups in total. The number of piperidine rings is 1. The van der Waals surface area contributed by atoms with Gasteiger partial charge in [0.1, 0.15) is 23.7 Å². The average molecular weight is 606 g/mol. The van der Waals surface area contributed by atoms with Gasteiger partial charge in [-0.05, 0) is 48.9 Å². The normalized spacial score (nSPS) is 22.3. The van der Waals surface area contributed by atoms with Crippen LogP contribution >= 0.6 is 0 Å². The monoisotopic (exact) mass is 605 g/mol. The molecule has 0 aromatic rings. The van der Waals surface area contributed by atoms with Crippen molar-refractivity contribution < 1.29 is 33.5 Å². The van der Waals surface area contributed by atoms with Crippen molar-refractivity contribution in [3.05, 3.63) is 12.7 Å². The molecule has 0 aromatic carbocycles.